The molecule has 3 rings (SSSR count). The third-order valence-corrected chi connectivity index (χ3v) is 4.17. The number of hydrogen-bond acceptors (Lipinski definition) is 3. The summed E-state index contributed by atoms with van der Waals surface area (Å²) in [4.78, 5) is 13.3. The molecule has 0 fully saturated rings. The van der Waals surface area contributed by atoms with E-state index in [1.54, 1.807) is 23.5 Å². The molecule has 0 bridgehead atoms. The number of carbonyl (C=O) groups is 1. The van der Waals surface area contributed by atoms with E-state index in [4.69, 9.17) is 16.0 Å². The molecule has 3 nitrogen and oxygen atoms in total. The maximum absolute atomic E-state index is 12.3. The molecule has 0 aliphatic heterocycles. The molecule has 106 valence electrons. The first-order valence-corrected chi connectivity index (χ1v) is 7.64. The molecule has 0 saturated heterocycles. The van der Waals surface area contributed by atoms with Crippen molar-refractivity contribution in [2.24, 2.45) is 0 Å². The first kappa shape index (κ1) is 13.9. The van der Waals surface area contributed by atoms with Crippen LogP contribution in [-0.4, -0.2) is 5.91 Å². The fraction of sp³-hybridized carbons (Fsp3) is 0.0625. The minimum atomic E-state index is -0.288. The van der Waals surface area contributed by atoms with Crippen molar-refractivity contribution < 1.29 is 9.21 Å². The van der Waals surface area contributed by atoms with Crippen molar-refractivity contribution in [3.8, 4) is 0 Å². The molecule has 1 atom stereocenters. The van der Waals surface area contributed by atoms with Gasteiger partial charge in [-0.3, -0.25) is 4.79 Å². The van der Waals surface area contributed by atoms with Gasteiger partial charge >= 0.3 is 0 Å². The smallest absolute Gasteiger partial charge is 0.287 e. The van der Waals surface area contributed by atoms with Crippen LogP contribution in [0.15, 0.2) is 64.4 Å². The predicted octanol–water partition coefficient (Wildman–Crippen LogP) is 4.51. The Bertz CT molecular complexity index is 722. The Morgan fingerprint density at radius 2 is 1.90 bits per heavy atom. The highest BCUT2D eigenvalue weighted by atomic mass is 35.5. The van der Waals surface area contributed by atoms with Crippen LogP contribution in [0.1, 0.15) is 27.0 Å². The van der Waals surface area contributed by atoms with Crippen LogP contribution >= 0.6 is 22.9 Å². The fourth-order valence-electron chi connectivity index (χ4n) is 2.06. The zero-order chi connectivity index (χ0) is 14.7. The number of thiophene rings is 1. The van der Waals surface area contributed by atoms with Gasteiger partial charge in [0.25, 0.3) is 5.91 Å². The highest BCUT2D eigenvalue weighted by molar-refractivity contribution is 7.10. The number of nitrogens with one attached hydrogen (secondary N) is 1. The maximum Gasteiger partial charge on any atom is 0.287 e. The molecule has 1 unspecified atom stereocenters. The van der Waals surface area contributed by atoms with Crippen LogP contribution in [0.25, 0.3) is 0 Å². The first-order valence-electron chi connectivity index (χ1n) is 6.38. The first-order chi connectivity index (χ1) is 10.2. The Morgan fingerprint density at radius 1 is 1.10 bits per heavy atom. The maximum atomic E-state index is 12.3. The Kier molecular flexibility index (Phi) is 4.08. The van der Waals surface area contributed by atoms with E-state index < -0.39 is 0 Å². The molecular weight excluding hydrogens is 306 g/mol. The summed E-state index contributed by atoms with van der Waals surface area (Å²) in [5, 5.41) is 5.17. The summed E-state index contributed by atoms with van der Waals surface area (Å²) < 4.78 is 5.16. The molecule has 0 saturated carbocycles. The summed E-state index contributed by atoms with van der Waals surface area (Å²) in [6.45, 7) is 0. The molecule has 3 aromatic rings. The van der Waals surface area contributed by atoms with E-state index in [0.717, 1.165) is 10.4 Å². The Labute approximate surface area is 131 Å². The number of carbonyl (C=O) groups excluding carboxylic acids is 1. The minimum Gasteiger partial charge on any atom is -0.440 e. The van der Waals surface area contributed by atoms with Gasteiger partial charge in [0.1, 0.15) is 0 Å². The van der Waals surface area contributed by atoms with Crippen molar-refractivity contribution in [2.45, 2.75) is 6.04 Å². The van der Waals surface area contributed by atoms with E-state index in [1.165, 1.54) is 0 Å². The van der Waals surface area contributed by atoms with E-state index in [9.17, 15) is 4.79 Å². The van der Waals surface area contributed by atoms with Gasteiger partial charge in [0, 0.05) is 4.88 Å². The summed E-state index contributed by atoms with van der Waals surface area (Å²) in [5.41, 5.74) is 1.02. The van der Waals surface area contributed by atoms with Gasteiger partial charge in [-0.2, -0.15) is 0 Å². The third kappa shape index (κ3) is 3.17. The lowest BCUT2D eigenvalue weighted by Crippen LogP contribution is -2.28. The van der Waals surface area contributed by atoms with Gasteiger partial charge in [-0.1, -0.05) is 36.4 Å². The summed E-state index contributed by atoms with van der Waals surface area (Å²) in [5.74, 6) is -0.0818. The van der Waals surface area contributed by atoms with E-state index in [0.29, 0.717) is 0 Å². The van der Waals surface area contributed by atoms with E-state index in [2.05, 4.69) is 5.32 Å². The summed E-state index contributed by atoms with van der Waals surface area (Å²) in [6, 6.07) is 16.7. The highest BCUT2D eigenvalue weighted by Gasteiger charge is 2.20. The lowest BCUT2D eigenvalue weighted by molar-refractivity contribution is 0.0915. The summed E-state index contributed by atoms with van der Waals surface area (Å²) in [7, 11) is 0. The lowest BCUT2D eigenvalue weighted by Gasteiger charge is -2.17. The number of amides is 1. The molecule has 1 amide bonds. The van der Waals surface area contributed by atoms with Crippen molar-refractivity contribution in [3.63, 3.8) is 0 Å². The van der Waals surface area contributed by atoms with Gasteiger partial charge in [-0.05, 0) is 40.7 Å². The van der Waals surface area contributed by atoms with Gasteiger partial charge in [-0.25, -0.2) is 0 Å². The predicted molar refractivity (Wildman–Crippen MR) is 83.8 cm³/mol. The van der Waals surface area contributed by atoms with Crippen molar-refractivity contribution in [2.75, 3.05) is 0 Å². The standard InChI is InChI=1S/C16H12ClNO2S/c17-14-9-8-12(20-14)16(19)18-15(13-7-4-10-21-13)11-5-2-1-3-6-11/h1-10,15H,(H,18,19). The molecule has 0 spiro atoms. The molecule has 2 aromatic heterocycles. The number of furan rings is 1. The molecular formula is C16H12ClNO2S. The van der Waals surface area contributed by atoms with Crippen molar-refractivity contribution >= 4 is 28.8 Å². The van der Waals surface area contributed by atoms with Crippen LogP contribution in [0.5, 0.6) is 0 Å². The molecule has 0 aliphatic rings. The SMILES string of the molecule is O=C(NC(c1ccccc1)c1cccs1)c1ccc(Cl)o1. The normalized spacial score (nSPS) is 12.0. The zero-order valence-electron chi connectivity index (χ0n) is 11.0. The van der Waals surface area contributed by atoms with Crippen LogP contribution < -0.4 is 5.32 Å². The third-order valence-electron chi connectivity index (χ3n) is 3.03. The molecule has 1 N–H and O–H groups in total. The van der Waals surface area contributed by atoms with E-state index >= 15 is 0 Å². The number of rotatable bonds is 4. The number of benzene rings is 1. The Morgan fingerprint density at radius 3 is 2.52 bits per heavy atom. The second-order valence-electron chi connectivity index (χ2n) is 4.44. The average molecular weight is 318 g/mol. The second kappa shape index (κ2) is 6.16. The van der Waals surface area contributed by atoms with E-state index in [-0.39, 0.29) is 22.9 Å². The van der Waals surface area contributed by atoms with Gasteiger partial charge < -0.3 is 9.73 Å². The summed E-state index contributed by atoms with van der Waals surface area (Å²) in [6.07, 6.45) is 0. The number of halogens is 1. The van der Waals surface area contributed by atoms with Gasteiger partial charge in [0.05, 0.1) is 6.04 Å². The molecule has 21 heavy (non-hydrogen) atoms. The highest BCUT2D eigenvalue weighted by Crippen LogP contribution is 2.26. The Balaban J connectivity index is 1.88. The number of hydrogen-bond donors (Lipinski definition) is 1. The summed E-state index contributed by atoms with van der Waals surface area (Å²) >= 11 is 7.31. The van der Waals surface area contributed by atoms with Crippen molar-refractivity contribution in [1.82, 2.24) is 5.32 Å². The average Bonchev–Trinajstić information content (AvgIpc) is 3.17. The topological polar surface area (TPSA) is 42.2 Å². The van der Waals surface area contributed by atoms with Crippen LogP contribution in [0, 0.1) is 0 Å². The lowest BCUT2D eigenvalue weighted by atomic mass is 10.1. The second-order valence-corrected chi connectivity index (χ2v) is 5.79. The molecule has 2 heterocycles. The minimum absolute atomic E-state index is 0.201. The van der Waals surface area contributed by atoms with Crippen LogP contribution in [0.3, 0.4) is 0 Å². The van der Waals surface area contributed by atoms with Crippen molar-refractivity contribution in [3.05, 3.63) is 81.4 Å². The van der Waals surface area contributed by atoms with Crippen LogP contribution in [0.4, 0.5) is 0 Å². The largest absolute Gasteiger partial charge is 0.440 e. The zero-order valence-corrected chi connectivity index (χ0v) is 12.5. The molecule has 1 aromatic carbocycles. The van der Waals surface area contributed by atoms with Crippen LogP contribution in [0.2, 0.25) is 5.22 Å². The molecule has 0 aliphatic carbocycles. The van der Waals surface area contributed by atoms with E-state index in [1.807, 2.05) is 47.8 Å². The van der Waals surface area contributed by atoms with Crippen molar-refractivity contribution in [1.29, 1.82) is 0 Å². The molecule has 5 heteroatoms. The molecule has 0 radical (unpaired) electrons. The quantitative estimate of drug-likeness (QED) is 0.769. The van der Waals surface area contributed by atoms with Gasteiger partial charge in [0.2, 0.25) is 0 Å². The van der Waals surface area contributed by atoms with Gasteiger partial charge in [0.15, 0.2) is 11.0 Å². The van der Waals surface area contributed by atoms with Crippen LogP contribution in [-0.2, 0) is 0 Å². The Hall–Kier alpha value is -2.04. The fourth-order valence-corrected chi connectivity index (χ4v) is 3.01. The van der Waals surface area contributed by atoms with Gasteiger partial charge in [-0.15, -0.1) is 11.3 Å². The monoisotopic (exact) mass is 317 g/mol.